The van der Waals surface area contributed by atoms with Crippen LogP contribution in [0.1, 0.15) is 13.8 Å². The standard InChI is InChI=1S/C5H10O2S/c1-3-7-5(6)4(2)8/h6,8H,3H2,1-2H3/p-1. The Balaban J connectivity index is 3.62. The Morgan fingerprint density at radius 2 is 2.25 bits per heavy atom. The highest BCUT2D eigenvalue weighted by Crippen LogP contribution is 1.97. The van der Waals surface area contributed by atoms with E-state index < -0.39 is 0 Å². The number of ether oxygens (including phenoxy) is 1. The molecule has 0 aromatic rings. The predicted molar refractivity (Wildman–Crippen MR) is 34.3 cm³/mol. The maximum atomic E-state index is 8.68. The van der Waals surface area contributed by atoms with Crippen LogP contribution in [0.4, 0.5) is 0 Å². The SMILES string of the molecule is CCOC(O)=C(C)[S-]. The average molecular weight is 133 g/mol. The molecule has 0 aromatic heterocycles. The summed E-state index contributed by atoms with van der Waals surface area (Å²) >= 11 is 4.57. The zero-order valence-electron chi connectivity index (χ0n) is 4.97. The minimum absolute atomic E-state index is 0.137. The van der Waals surface area contributed by atoms with Crippen molar-refractivity contribution in [1.82, 2.24) is 0 Å². The molecule has 0 radical (unpaired) electrons. The van der Waals surface area contributed by atoms with Crippen LogP contribution in [0, 0.1) is 0 Å². The zero-order valence-corrected chi connectivity index (χ0v) is 5.79. The predicted octanol–water partition coefficient (Wildman–Crippen LogP) is 1.32. The second kappa shape index (κ2) is 3.55. The number of hydrogen-bond donors (Lipinski definition) is 1. The summed E-state index contributed by atoms with van der Waals surface area (Å²) in [7, 11) is 0. The van der Waals surface area contributed by atoms with Crippen LogP contribution >= 0.6 is 0 Å². The highest BCUT2D eigenvalue weighted by molar-refractivity contribution is 7.63. The van der Waals surface area contributed by atoms with E-state index >= 15 is 0 Å². The third-order valence-corrected chi connectivity index (χ3v) is 0.757. The summed E-state index contributed by atoms with van der Waals surface area (Å²) in [5.74, 6) is -0.137. The molecule has 0 unspecified atom stereocenters. The van der Waals surface area contributed by atoms with E-state index in [0.717, 1.165) is 0 Å². The van der Waals surface area contributed by atoms with Crippen molar-refractivity contribution in [3.8, 4) is 0 Å². The lowest BCUT2D eigenvalue weighted by molar-refractivity contribution is 0.101. The van der Waals surface area contributed by atoms with Crippen LogP contribution in [0.3, 0.4) is 0 Å². The van der Waals surface area contributed by atoms with E-state index in [2.05, 4.69) is 17.4 Å². The van der Waals surface area contributed by atoms with Gasteiger partial charge in [0.25, 0.3) is 5.95 Å². The fraction of sp³-hybridized carbons (Fsp3) is 0.600. The van der Waals surface area contributed by atoms with E-state index in [9.17, 15) is 0 Å². The lowest BCUT2D eigenvalue weighted by Gasteiger charge is -2.08. The first-order valence-corrected chi connectivity index (χ1v) is 2.79. The van der Waals surface area contributed by atoms with Gasteiger partial charge in [0.2, 0.25) is 0 Å². The van der Waals surface area contributed by atoms with Crippen molar-refractivity contribution < 1.29 is 9.84 Å². The van der Waals surface area contributed by atoms with Gasteiger partial charge in [0.1, 0.15) is 0 Å². The van der Waals surface area contributed by atoms with Gasteiger partial charge in [0.05, 0.1) is 6.61 Å². The summed E-state index contributed by atoms with van der Waals surface area (Å²) in [4.78, 5) is 0.395. The van der Waals surface area contributed by atoms with Crippen molar-refractivity contribution in [2.24, 2.45) is 0 Å². The van der Waals surface area contributed by atoms with Crippen LogP contribution < -0.4 is 0 Å². The summed E-state index contributed by atoms with van der Waals surface area (Å²) in [5.41, 5.74) is 0. The van der Waals surface area contributed by atoms with Gasteiger partial charge in [-0.2, -0.15) is 0 Å². The van der Waals surface area contributed by atoms with Gasteiger partial charge in [0.15, 0.2) is 0 Å². The van der Waals surface area contributed by atoms with Crippen molar-refractivity contribution in [3.63, 3.8) is 0 Å². The van der Waals surface area contributed by atoms with Crippen molar-refractivity contribution in [1.29, 1.82) is 0 Å². The first-order chi connectivity index (χ1) is 3.68. The summed E-state index contributed by atoms with van der Waals surface area (Å²) in [6.45, 7) is 3.86. The minimum atomic E-state index is -0.137. The molecule has 8 heavy (non-hydrogen) atoms. The average Bonchev–Trinajstić information content (AvgIpc) is 1.67. The summed E-state index contributed by atoms with van der Waals surface area (Å²) < 4.78 is 4.63. The molecule has 0 rings (SSSR count). The normalized spacial score (nSPS) is 12.8. The van der Waals surface area contributed by atoms with Crippen LogP contribution in [-0.4, -0.2) is 11.7 Å². The minimum Gasteiger partial charge on any atom is -0.777 e. The Morgan fingerprint density at radius 3 is 2.38 bits per heavy atom. The Hall–Kier alpha value is -0.440. The van der Waals surface area contributed by atoms with Gasteiger partial charge in [-0.3, -0.25) is 0 Å². The van der Waals surface area contributed by atoms with Crippen LogP contribution in [0.5, 0.6) is 0 Å². The molecule has 0 bridgehead atoms. The second-order valence-electron chi connectivity index (χ2n) is 1.29. The third kappa shape index (κ3) is 2.69. The second-order valence-corrected chi connectivity index (χ2v) is 1.91. The summed E-state index contributed by atoms with van der Waals surface area (Å²) in [5, 5.41) is 8.68. The van der Waals surface area contributed by atoms with Gasteiger partial charge in [-0.25, -0.2) is 0 Å². The number of allylic oxidation sites excluding steroid dienone is 1. The molecule has 0 heterocycles. The fourth-order valence-corrected chi connectivity index (χ4v) is 0.297. The Morgan fingerprint density at radius 1 is 1.75 bits per heavy atom. The largest absolute Gasteiger partial charge is 0.777 e. The van der Waals surface area contributed by atoms with E-state index in [1.54, 1.807) is 13.8 Å². The molecular formula is C5H9O2S-. The molecule has 0 fully saturated rings. The number of aliphatic hydroxyl groups is 1. The van der Waals surface area contributed by atoms with E-state index in [1.165, 1.54) is 0 Å². The quantitative estimate of drug-likeness (QED) is 0.455. The molecule has 0 aliphatic rings. The van der Waals surface area contributed by atoms with E-state index in [0.29, 0.717) is 11.5 Å². The molecule has 0 amide bonds. The summed E-state index contributed by atoms with van der Waals surface area (Å²) in [6.07, 6.45) is 0. The van der Waals surface area contributed by atoms with Gasteiger partial charge in [-0.1, -0.05) is 6.92 Å². The molecule has 0 aromatic carbocycles. The topological polar surface area (TPSA) is 29.5 Å². The van der Waals surface area contributed by atoms with Crippen LogP contribution in [0.2, 0.25) is 0 Å². The summed E-state index contributed by atoms with van der Waals surface area (Å²) in [6, 6.07) is 0. The first kappa shape index (κ1) is 7.56. The van der Waals surface area contributed by atoms with E-state index in [1.807, 2.05) is 0 Å². The van der Waals surface area contributed by atoms with Crippen molar-refractivity contribution in [2.75, 3.05) is 6.61 Å². The first-order valence-electron chi connectivity index (χ1n) is 2.38. The molecular weight excluding hydrogens is 124 g/mol. The monoisotopic (exact) mass is 133 g/mol. The van der Waals surface area contributed by atoms with Crippen LogP contribution in [0.15, 0.2) is 10.9 Å². The Labute approximate surface area is 54.6 Å². The molecule has 0 saturated heterocycles. The van der Waals surface area contributed by atoms with Gasteiger partial charge < -0.3 is 22.5 Å². The van der Waals surface area contributed by atoms with Crippen molar-refractivity contribution in [3.05, 3.63) is 10.9 Å². The van der Waals surface area contributed by atoms with Crippen LogP contribution in [0.25, 0.3) is 0 Å². The van der Waals surface area contributed by atoms with Crippen molar-refractivity contribution in [2.45, 2.75) is 13.8 Å². The van der Waals surface area contributed by atoms with Gasteiger partial charge in [-0.05, 0) is 6.92 Å². The molecule has 3 heteroatoms. The molecule has 0 saturated carbocycles. The van der Waals surface area contributed by atoms with E-state index in [-0.39, 0.29) is 5.95 Å². The molecule has 0 aliphatic carbocycles. The number of rotatable bonds is 2. The highest BCUT2D eigenvalue weighted by atomic mass is 32.1. The number of aliphatic hydroxyl groups excluding tert-OH is 1. The van der Waals surface area contributed by atoms with E-state index in [4.69, 9.17) is 5.11 Å². The smallest absolute Gasteiger partial charge is 0.252 e. The van der Waals surface area contributed by atoms with Crippen molar-refractivity contribution >= 4 is 12.6 Å². The van der Waals surface area contributed by atoms with Gasteiger partial charge in [0, 0.05) is 0 Å². The van der Waals surface area contributed by atoms with Crippen LogP contribution in [-0.2, 0) is 17.4 Å². The lowest BCUT2D eigenvalue weighted by Crippen LogP contribution is -1.91. The lowest BCUT2D eigenvalue weighted by atomic mass is 10.7. The zero-order chi connectivity index (χ0) is 6.57. The Bertz CT molecular complexity index is 94.6. The van der Waals surface area contributed by atoms with Gasteiger partial charge in [-0.15, -0.1) is 4.91 Å². The molecule has 2 nitrogen and oxygen atoms in total. The third-order valence-electron chi connectivity index (χ3n) is 0.582. The Kier molecular flexibility index (Phi) is 3.35. The molecule has 48 valence electrons. The molecule has 0 aliphatic heterocycles. The number of hydrogen-bond acceptors (Lipinski definition) is 3. The van der Waals surface area contributed by atoms with Gasteiger partial charge >= 0.3 is 0 Å². The maximum absolute atomic E-state index is 8.68. The maximum Gasteiger partial charge on any atom is 0.252 e. The molecule has 0 atom stereocenters. The molecule has 0 spiro atoms. The fourth-order valence-electron chi connectivity index (χ4n) is 0.238. The highest BCUT2D eigenvalue weighted by Gasteiger charge is 1.84. The molecule has 1 N–H and O–H groups in total.